The van der Waals surface area contributed by atoms with Gasteiger partial charge in [0.05, 0.1) is 6.54 Å². The van der Waals surface area contributed by atoms with Crippen LogP contribution in [0.2, 0.25) is 0 Å². The average Bonchev–Trinajstić information content (AvgIpc) is 2.77. The second kappa shape index (κ2) is 9.91. The lowest BCUT2D eigenvalue weighted by molar-refractivity contribution is 0.0963. The standard InChI is InChI=1S/C22H28FN5O/c1-3-25-22(26-16-17-4-6-18(7-5-17)21(29)24-2)28-14-12-27(13-15-28)20-10-8-19(23)9-11-20/h4-11H,3,12-16H2,1-2H3,(H,24,29)(H,25,26). The quantitative estimate of drug-likeness (QED) is 0.601. The van der Waals surface area contributed by atoms with Gasteiger partial charge < -0.3 is 20.4 Å². The van der Waals surface area contributed by atoms with Gasteiger partial charge in [-0.3, -0.25) is 4.79 Å². The van der Waals surface area contributed by atoms with Crippen LogP contribution < -0.4 is 15.5 Å². The van der Waals surface area contributed by atoms with Gasteiger partial charge in [-0.1, -0.05) is 12.1 Å². The molecule has 1 fully saturated rings. The van der Waals surface area contributed by atoms with E-state index in [9.17, 15) is 9.18 Å². The number of hydrogen-bond donors (Lipinski definition) is 2. The molecule has 0 saturated carbocycles. The maximum absolute atomic E-state index is 13.1. The Labute approximate surface area is 171 Å². The topological polar surface area (TPSA) is 60.0 Å². The summed E-state index contributed by atoms with van der Waals surface area (Å²) in [6.07, 6.45) is 0. The SMILES string of the molecule is CCNC(=NCc1ccc(C(=O)NC)cc1)N1CCN(c2ccc(F)cc2)CC1. The first-order valence-corrected chi connectivity index (χ1v) is 9.95. The Kier molecular flexibility index (Phi) is 7.05. The number of nitrogens with one attached hydrogen (secondary N) is 2. The number of guanidine groups is 1. The average molecular weight is 397 g/mol. The van der Waals surface area contributed by atoms with E-state index in [2.05, 4.69) is 27.4 Å². The summed E-state index contributed by atoms with van der Waals surface area (Å²) in [7, 11) is 1.62. The number of carbonyl (C=O) groups is 1. The number of amides is 1. The van der Waals surface area contributed by atoms with Crippen LogP contribution in [0.15, 0.2) is 53.5 Å². The summed E-state index contributed by atoms with van der Waals surface area (Å²) in [5.74, 6) is 0.589. The highest BCUT2D eigenvalue weighted by atomic mass is 19.1. The zero-order valence-corrected chi connectivity index (χ0v) is 17.0. The van der Waals surface area contributed by atoms with Crippen LogP contribution in [0.1, 0.15) is 22.8 Å². The van der Waals surface area contributed by atoms with Gasteiger partial charge in [0.2, 0.25) is 0 Å². The summed E-state index contributed by atoms with van der Waals surface area (Å²) in [5, 5.41) is 5.99. The minimum atomic E-state index is -0.211. The van der Waals surface area contributed by atoms with Gasteiger partial charge >= 0.3 is 0 Å². The summed E-state index contributed by atoms with van der Waals surface area (Å²) < 4.78 is 13.1. The van der Waals surface area contributed by atoms with Crippen molar-refractivity contribution in [1.29, 1.82) is 0 Å². The first kappa shape index (κ1) is 20.6. The van der Waals surface area contributed by atoms with Crippen LogP contribution in [-0.2, 0) is 6.54 Å². The van der Waals surface area contributed by atoms with E-state index in [4.69, 9.17) is 4.99 Å². The summed E-state index contributed by atoms with van der Waals surface area (Å²) in [6.45, 7) is 6.81. The number of hydrogen-bond acceptors (Lipinski definition) is 3. The molecule has 0 bridgehead atoms. The third-order valence-corrected chi connectivity index (χ3v) is 4.96. The van der Waals surface area contributed by atoms with E-state index in [1.807, 2.05) is 36.4 Å². The van der Waals surface area contributed by atoms with Gasteiger partial charge in [0.1, 0.15) is 5.82 Å². The molecule has 1 aliphatic rings. The molecule has 0 atom stereocenters. The molecule has 0 aromatic heterocycles. The molecule has 0 aliphatic carbocycles. The minimum absolute atomic E-state index is 0.0904. The van der Waals surface area contributed by atoms with Crippen molar-refractivity contribution < 1.29 is 9.18 Å². The molecule has 29 heavy (non-hydrogen) atoms. The molecule has 1 aliphatic heterocycles. The van der Waals surface area contributed by atoms with E-state index in [1.165, 1.54) is 12.1 Å². The Bertz CT molecular complexity index is 827. The van der Waals surface area contributed by atoms with Crippen LogP contribution in [0.25, 0.3) is 0 Å². The van der Waals surface area contributed by atoms with Gasteiger partial charge in [0.25, 0.3) is 5.91 Å². The molecule has 0 spiro atoms. The Morgan fingerprint density at radius 3 is 2.28 bits per heavy atom. The normalized spacial score (nSPS) is 14.7. The Morgan fingerprint density at radius 2 is 1.69 bits per heavy atom. The predicted octanol–water partition coefficient (Wildman–Crippen LogP) is 2.47. The number of anilines is 1. The Balaban J connectivity index is 1.60. The van der Waals surface area contributed by atoms with Crippen molar-refractivity contribution in [3.8, 4) is 0 Å². The second-order valence-corrected chi connectivity index (χ2v) is 6.90. The largest absolute Gasteiger partial charge is 0.368 e. The van der Waals surface area contributed by atoms with E-state index in [0.29, 0.717) is 12.1 Å². The molecule has 1 heterocycles. The van der Waals surface area contributed by atoms with Gasteiger partial charge in [-0.25, -0.2) is 9.38 Å². The van der Waals surface area contributed by atoms with Crippen LogP contribution in [-0.4, -0.2) is 56.5 Å². The maximum Gasteiger partial charge on any atom is 0.251 e. The van der Waals surface area contributed by atoms with Gasteiger partial charge in [-0.2, -0.15) is 0 Å². The highest BCUT2D eigenvalue weighted by Gasteiger charge is 2.19. The van der Waals surface area contributed by atoms with Gasteiger partial charge in [-0.15, -0.1) is 0 Å². The summed E-state index contributed by atoms with van der Waals surface area (Å²) in [4.78, 5) is 20.9. The van der Waals surface area contributed by atoms with Crippen molar-refractivity contribution in [1.82, 2.24) is 15.5 Å². The molecule has 7 heteroatoms. The molecule has 0 radical (unpaired) electrons. The van der Waals surface area contributed by atoms with Gasteiger partial charge in [0, 0.05) is 51.0 Å². The molecule has 0 unspecified atom stereocenters. The Hall–Kier alpha value is -3.09. The lowest BCUT2D eigenvalue weighted by atomic mass is 10.1. The number of nitrogens with zero attached hydrogens (tertiary/aromatic N) is 3. The number of rotatable bonds is 5. The maximum atomic E-state index is 13.1. The number of halogens is 1. The third-order valence-electron chi connectivity index (χ3n) is 4.96. The lowest BCUT2D eigenvalue weighted by Crippen LogP contribution is -2.52. The smallest absolute Gasteiger partial charge is 0.251 e. The molecule has 154 valence electrons. The van der Waals surface area contributed by atoms with Gasteiger partial charge in [-0.05, 0) is 48.9 Å². The zero-order valence-electron chi connectivity index (χ0n) is 17.0. The van der Waals surface area contributed by atoms with Crippen LogP contribution in [0.3, 0.4) is 0 Å². The molecular weight excluding hydrogens is 369 g/mol. The number of benzene rings is 2. The predicted molar refractivity (Wildman–Crippen MR) is 115 cm³/mol. The molecule has 6 nitrogen and oxygen atoms in total. The van der Waals surface area contributed by atoms with Crippen LogP contribution in [0.5, 0.6) is 0 Å². The zero-order chi connectivity index (χ0) is 20.6. The molecule has 3 rings (SSSR count). The van der Waals surface area contributed by atoms with E-state index in [0.717, 1.165) is 49.9 Å². The van der Waals surface area contributed by atoms with E-state index < -0.39 is 0 Å². The fraction of sp³-hybridized carbons (Fsp3) is 0.364. The summed E-state index contributed by atoms with van der Waals surface area (Å²) in [5.41, 5.74) is 2.74. The lowest BCUT2D eigenvalue weighted by Gasteiger charge is -2.37. The monoisotopic (exact) mass is 397 g/mol. The van der Waals surface area contributed by atoms with Crippen molar-refractivity contribution in [3.63, 3.8) is 0 Å². The van der Waals surface area contributed by atoms with E-state index in [1.54, 1.807) is 7.05 Å². The molecule has 2 aromatic carbocycles. The van der Waals surface area contributed by atoms with E-state index >= 15 is 0 Å². The van der Waals surface area contributed by atoms with Crippen LogP contribution in [0.4, 0.5) is 10.1 Å². The van der Waals surface area contributed by atoms with Crippen molar-refractivity contribution >= 4 is 17.6 Å². The fourth-order valence-electron chi connectivity index (χ4n) is 3.33. The van der Waals surface area contributed by atoms with E-state index in [-0.39, 0.29) is 11.7 Å². The minimum Gasteiger partial charge on any atom is -0.368 e. The molecule has 1 amide bonds. The molecule has 1 saturated heterocycles. The summed E-state index contributed by atoms with van der Waals surface area (Å²) >= 11 is 0. The first-order valence-electron chi connectivity index (χ1n) is 9.95. The highest BCUT2D eigenvalue weighted by molar-refractivity contribution is 5.93. The van der Waals surface area contributed by atoms with Crippen molar-refractivity contribution in [2.24, 2.45) is 4.99 Å². The second-order valence-electron chi connectivity index (χ2n) is 6.90. The first-order chi connectivity index (χ1) is 14.1. The fourth-order valence-corrected chi connectivity index (χ4v) is 3.33. The van der Waals surface area contributed by atoms with Crippen LogP contribution in [0, 0.1) is 5.82 Å². The van der Waals surface area contributed by atoms with Crippen molar-refractivity contribution in [3.05, 3.63) is 65.5 Å². The third kappa shape index (κ3) is 5.47. The van der Waals surface area contributed by atoms with Crippen molar-refractivity contribution in [2.45, 2.75) is 13.5 Å². The number of aliphatic imine (C=N–C) groups is 1. The van der Waals surface area contributed by atoms with Crippen molar-refractivity contribution in [2.75, 3.05) is 44.7 Å². The number of carbonyl (C=O) groups excluding carboxylic acids is 1. The molecule has 2 aromatic rings. The molecule has 2 N–H and O–H groups in total. The number of piperazine rings is 1. The van der Waals surface area contributed by atoms with Crippen LogP contribution >= 0.6 is 0 Å². The summed E-state index contributed by atoms with van der Waals surface area (Å²) in [6, 6.07) is 14.2. The highest BCUT2D eigenvalue weighted by Crippen LogP contribution is 2.17. The Morgan fingerprint density at radius 1 is 1.03 bits per heavy atom. The molecular formula is C22H28FN5O. The van der Waals surface area contributed by atoms with Gasteiger partial charge in [0.15, 0.2) is 5.96 Å².